The molecule has 0 aliphatic carbocycles. The average Bonchev–Trinajstić information content (AvgIpc) is 3.14. The molecule has 0 saturated carbocycles. The van der Waals surface area contributed by atoms with Gasteiger partial charge >= 0.3 is 0 Å². The molecule has 1 saturated heterocycles. The number of hydrogen-bond donors (Lipinski definition) is 1. The molecule has 1 fully saturated rings. The lowest BCUT2D eigenvalue weighted by molar-refractivity contribution is 0.122. The molecular formula is C17H16N4O2S. The number of morpholine rings is 1. The van der Waals surface area contributed by atoms with Crippen LogP contribution in [0, 0.1) is 0 Å². The maximum absolute atomic E-state index is 12.6. The smallest absolute Gasteiger partial charge is 0.262 e. The van der Waals surface area contributed by atoms with Crippen molar-refractivity contribution in [3.05, 3.63) is 50.6 Å². The number of hydrogen-bond acceptors (Lipinski definition) is 6. The van der Waals surface area contributed by atoms with Crippen LogP contribution in [0.25, 0.3) is 23.2 Å². The fraction of sp³-hybridized carbons (Fsp3) is 0.235. The summed E-state index contributed by atoms with van der Waals surface area (Å²) in [6.07, 6.45) is 5.61. The first-order valence-corrected chi connectivity index (χ1v) is 8.62. The van der Waals surface area contributed by atoms with Crippen LogP contribution in [0.2, 0.25) is 0 Å². The van der Waals surface area contributed by atoms with Gasteiger partial charge in [-0.05, 0) is 29.2 Å². The largest absolute Gasteiger partial charge is 0.378 e. The van der Waals surface area contributed by atoms with E-state index >= 15 is 0 Å². The number of nitrogens with zero attached hydrogens (tertiary/aromatic N) is 3. The molecule has 7 heteroatoms. The molecule has 1 aliphatic heterocycles. The van der Waals surface area contributed by atoms with E-state index in [1.807, 2.05) is 40.6 Å². The van der Waals surface area contributed by atoms with E-state index in [0.29, 0.717) is 43.3 Å². The van der Waals surface area contributed by atoms with E-state index < -0.39 is 0 Å². The topological polar surface area (TPSA) is 71.1 Å². The molecule has 0 radical (unpaired) electrons. The van der Waals surface area contributed by atoms with Crippen LogP contribution in [0.15, 0.2) is 34.6 Å². The third-order valence-corrected chi connectivity index (χ3v) is 4.75. The normalized spacial score (nSPS) is 15.4. The van der Waals surface area contributed by atoms with Gasteiger partial charge < -0.3 is 9.64 Å². The number of ether oxygens (including phenoxy) is 1. The van der Waals surface area contributed by atoms with Gasteiger partial charge in [-0.1, -0.05) is 12.1 Å². The van der Waals surface area contributed by atoms with E-state index in [0.717, 1.165) is 10.4 Å². The number of anilines is 1. The van der Waals surface area contributed by atoms with E-state index in [1.165, 1.54) is 0 Å². The van der Waals surface area contributed by atoms with Crippen molar-refractivity contribution in [2.45, 2.75) is 0 Å². The first-order valence-electron chi connectivity index (χ1n) is 7.74. The maximum atomic E-state index is 12.6. The zero-order valence-corrected chi connectivity index (χ0v) is 13.8. The van der Waals surface area contributed by atoms with Gasteiger partial charge in [0, 0.05) is 24.2 Å². The lowest BCUT2D eigenvalue weighted by Gasteiger charge is -2.27. The second-order valence-electron chi connectivity index (χ2n) is 5.44. The van der Waals surface area contributed by atoms with Crippen LogP contribution in [0.5, 0.6) is 0 Å². The van der Waals surface area contributed by atoms with Gasteiger partial charge in [0.25, 0.3) is 5.56 Å². The average molecular weight is 340 g/mol. The summed E-state index contributed by atoms with van der Waals surface area (Å²) in [5, 5.41) is 2.54. The van der Waals surface area contributed by atoms with Gasteiger partial charge in [0.05, 0.1) is 18.6 Å². The molecular weight excluding hydrogens is 324 g/mol. The number of nitrogens with one attached hydrogen (secondary N) is 1. The summed E-state index contributed by atoms with van der Waals surface area (Å²) in [5.41, 5.74) is 1.12. The first-order chi connectivity index (χ1) is 11.8. The van der Waals surface area contributed by atoms with Crippen molar-refractivity contribution in [1.29, 1.82) is 0 Å². The quantitative estimate of drug-likeness (QED) is 0.793. The molecule has 1 N–H and O–H groups in total. The van der Waals surface area contributed by atoms with Crippen LogP contribution in [0.3, 0.4) is 0 Å². The number of thiophene rings is 1. The highest BCUT2D eigenvalue weighted by Crippen LogP contribution is 2.18. The van der Waals surface area contributed by atoms with Crippen LogP contribution in [0.4, 0.5) is 5.95 Å². The van der Waals surface area contributed by atoms with Crippen molar-refractivity contribution in [2.24, 2.45) is 0 Å². The zero-order chi connectivity index (χ0) is 16.4. The molecule has 122 valence electrons. The highest BCUT2D eigenvalue weighted by Gasteiger charge is 2.16. The SMILES string of the molecule is O=c1[nH]c(N2CCOCC2)nc2nccc(C=Cc3cccs3)c12. The van der Waals surface area contributed by atoms with Gasteiger partial charge in [0.1, 0.15) is 0 Å². The van der Waals surface area contributed by atoms with E-state index in [9.17, 15) is 4.79 Å². The van der Waals surface area contributed by atoms with Gasteiger partial charge in [0.15, 0.2) is 5.65 Å². The molecule has 0 bridgehead atoms. The minimum Gasteiger partial charge on any atom is -0.378 e. The van der Waals surface area contributed by atoms with E-state index in [2.05, 4.69) is 15.0 Å². The predicted octanol–water partition coefficient (Wildman–Crippen LogP) is 2.39. The molecule has 0 unspecified atom stereocenters. The second-order valence-corrected chi connectivity index (χ2v) is 6.42. The molecule has 6 nitrogen and oxygen atoms in total. The Hall–Kier alpha value is -2.51. The van der Waals surface area contributed by atoms with Crippen LogP contribution in [-0.2, 0) is 4.74 Å². The Morgan fingerprint density at radius 2 is 2.12 bits per heavy atom. The van der Waals surface area contributed by atoms with E-state index in [1.54, 1.807) is 17.5 Å². The molecule has 0 atom stereocenters. The number of aromatic amines is 1. The number of rotatable bonds is 3. The Morgan fingerprint density at radius 3 is 2.92 bits per heavy atom. The van der Waals surface area contributed by atoms with Crippen LogP contribution < -0.4 is 10.5 Å². The summed E-state index contributed by atoms with van der Waals surface area (Å²) in [5.74, 6) is 0.558. The minimum atomic E-state index is -0.166. The molecule has 3 aromatic heterocycles. The van der Waals surface area contributed by atoms with Crippen molar-refractivity contribution in [3.8, 4) is 0 Å². The lowest BCUT2D eigenvalue weighted by Crippen LogP contribution is -2.38. The molecule has 4 rings (SSSR count). The van der Waals surface area contributed by atoms with E-state index in [4.69, 9.17) is 4.74 Å². The second kappa shape index (κ2) is 6.54. The van der Waals surface area contributed by atoms with E-state index in [-0.39, 0.29) is 5.56 Å². The molecule has 3 aromatic rings. The van der Waals surface area contributed by atoms with Gasteiger partial charge in [-0.3, -0.25) is 9.78 Å². The molecule has 24 heavy (non-hydrogen) atoms. The molecule has 1 aliphatic rings. The summed E-state index contributed by atoms with van der Waals surface area (Å²) in [6.45, 7) is 2.70. The number of pyridine rings is 1. The van der Waals surface area contributed by atoms with Crippen LogP contribution in [0.1, 0.15) is 10.4 Å². The van der Waals surface area contributed by atoms with Gasteiger partial charge in [-0.2, -0.15) is 4.98 Å². The fourth-order valence-electron chi connectivity index (χ4n) is 2.70. The summed E-state index contributed by atoms with van der Waals surface area (Å²) >= 11 is 1.65. The highest BCUT2D eigenvalue weighted by atomic mass is 32.1. The van der Waals surface area contributed by atoms with Crippen molar-refractivity contribution in [3.63, 3.8) is 0 Å². The van der Waals surface area contributed by atoms with Gasteiger partial charge in [0.2, 0.25) is 5.95 Å². The number of aromatic nitrogens is 3. The Kier molecular flexibility index (Phi) is 4.10. The monoisotopic (exact) mass is 340 g/mol. The summed E-state index contributed by atoms with van der Waals surface area (Å²) in [7, 11) is 0. The molecule has 0 amide bonds. The lowest BCUT2D eigenvalue weighted by atomic mass is 10.1. The van der Waals surface area contributed by atoms with Crippen molar-refractivity contribution < 1.29 is 4.74 Å². The highest BCUT2D eigenvalue weighted by molar-refractivity contribution is 7.10. The van der Waals surface area contributed by atoms with Crippen molar-refractivity contribution in [2.75, 3.05) is 31.2 Å². The van der Waals surface area contributed by atoms with Crippen molar-refractivity contribution >= 4 is 40.5 Å². The third kappa shape index (κ3) is 2.95. The standard InChI is InChI=1S/C17H16N4O2S/c22-16-14-12(3-4-13-2-1-11-24-13)5-6-18-15(14)19-17(20-16)21-7-9-23-10-8-21/h1-6,11H,7-10H2,(H,18,19,20,22). The van der Waals surface area contributed by atoms with Gasteiger partial charge in [-0.25, -0.2) is 4.98 Å². The Balaban J connectivity index is 1.75. The Bertz CT molecular complexity index is 927. The van der Waals surface area contributed by atoms with Crippen LogP contribution in [-0.4, -0.2) is 41.3 Å². The molecule has 0 spiro atoms. The third-order valence-electron chi connectivity index (χ3n) is 3.91. The Labute approximate surface area is 142 Å². The van der Waals surface area contributed by atoms with Gasteiger partial charge in [-0.15, -0.1) is 11.3 Å². The van der Waals surface area contributed by atoms with Crippen molar-refractivity contribution in [1.82, 2.24) is 15.0 Å². The predicted molar refractivity (Wildman–Crippen MR) is 96.4 cm³/mol. The fourth-order valence-corrected chi connectivity index (χ4v) is 3.31. The minimum absolute atomic E-state index is 0.166. The number of fused-ring (bicyclic) bond motifs is 1. The summed E-state index contributed by atoms with van der Waals surface area (Å²) in [6, 6.07) is 5.86. The van der Waals surface area contributed by atoms with Crippen LogP contribution >= 0.6 is 11.3 Å². The molecule has 0 aromatic carbocycles. The molecule has 4 heterocycles. The maximum Gasteiger partial charge on any atom is 0.262 e. The number of H-pyrrole nitrogens is 1. The zero-order valence-electron chi connectivity index (χ0n) is 12.9. The summed E-state index contributed by atoms with van der Waals surface area (Å²) in [4.78, 5) is 27.5. The first kappa shape index (κ1) is 15.0. The summed E-state index contributed by atoms with van der Waals surface area (Å²) < 4.78 is 5.34. The Morgan fingerprint density at radius 1 is 1.25 bits per heavy atom.